The fourth-order valence-corrected chi connectivity index (χ4v) is 2.96. The molecule has 118 valence electrons. The van der Waals surface area contributed by atoms with Crippen LogP contribution in [0.2, 0.25) is 0 Å². The summed E-state index contributed by atoms with van der Waals surface area (Å²) in [5.74, 6) is 0. The summed E-state index contributed by atoms with van der Waals surface area (Å²) in [7, 11) is 1.79. The van der Waals surface area contributed by atoms with Gasteiger partial charge in [-0.15, -0.1) is 0 Å². The van der Waals surface area contributed by atoms with Gasteiger partial charge >= 0.3 is 0 Å². The van der Waals surface area contributed by atoms with E-state index in [0.717, 1.165) is 32.4 Å². The summed E-state index contributed by atoms with van der Waals surface area (Å²) in [6.45, 7) is 8.31. The summed E-state index contributed by atoms with van der Waals surface area (Å²) in [6, 6.07) is 8.93. The molecule has 0 saturated carbocycles. The highest BCUT2D eigenvalue weighted by Crippen LogP contribution is 2.33. The van der Waals surface area contributed by atoms with Crippen molar-refractivity contribution >= 4 is 0 Å². The third-order valence-electron chi connectivity index (χ3n) is 4.55. The number of rotatable bonds is 7. The Balaban J connectivity index is 2.14. The highest BCUT2D eigenvalue weighted by atomic mass is 16.5. The van der Waals surface area contributed by atoms with Gasteiger partial charge in [0.05, 0.1) is 18.3 Å². The molecular formula is C18H29NO2. The molecule has 0 spiro atoms. The van der Waals surface area contributed by atoms with Gasteiger partial charge in [-0.3, -0.25) is 0 Å². The molecule has 0 fully saturated rings. The predicted molar refractivity (Wildman–Crippen MR) is 86.6 cm³/mol. The van der Waals surface area contributed by atoms with Crippen LogP contribution in [0.25, 0.3) is 0 Å². The van der Waals surface area contributed by atoms with E-state index in [0.29, 0.717) is 0 Å². The van der Waals surface area contributed by atoms with Crippen LogP contribution in [0.15, 0.2) is 24.3 Å². The molecule has 1 heterocycles. The first kappa shape index (κ1) is 16.5. The summed E-state index contributed by atoms with van der Waals surface area (Å²) in [4.78, 5) is 0. The summed E-state index contributed by atoms with van der Waals surface area (Å²) in [5.41, 5.74) is 2.57. The quantitative estimate of drug-likeness (QED) is 0.834. The number of fused-ring (bicyclic) bond motifs is 1. The molecule has 1 aliphatic rings. The first-order chi connectivity index (χ1) is 10.1. The summed E-state index contributed by atoms with van der Waals surface area (Å²) in [6.07, 6.45) is 3.25. The van der Waals surface area contributed by atoms with Gasteiger partial charge in [-0.2, -0.15) is 0 Å². The fraction of sp³-hybridized carbons (Fsp3) is 0.667. The molecule has 0 radical (unpaired) electrons. The Morgan fingerprint density at radius 1 is 1.38 bits per heavy atom. The summed E-state index contributed by atoms with van der Waals surface area (Å²) < 4.78 is 11.8. The van der Waals surface area contributed by atoms with Crippen molar-refractivity contribution in [3.8, 4) is 0 Å². The van der Waals surface area contributed by atoms with Gasteiger partial charge < -0.3 is 14.8 Å². The maximum Gasteiger partial charge on any atom is 0.0843 e. The molecule has 0 aromatic heterocycles. The lowest BCUT2D eigenvalue weighted by Crippen LogP contribution is -2.49. The molecule has 2 unspecified atom stereocenters. The number of methoxy groups -OCH3 is 1. The van der Waals surface area contributed by atoms with E-state index in [2.05, 4.69) is 50.4 Å². The van der Waals surface area contributed by atoms with Gasteiger partial charge in [-0.1, -0.05) is 31.2 Å². The highest BCUT2D eigenvalue weighted by molar-refractivity contribution is 5.31. The topological polar surface area (TPSA) is 30.5 Å². The Morgan fingerprint density at radius 3 is 2.86 bits per heavy atom. The molecular weight excluding hydrogens is 262 g/mol. The molecule has 21 heavy (non-hydrogen) atoms. The van der Waals surface area contributed by atoms with Crippen LogP contribution in [-0.4, -0.2) is 31.9 Å². The minimum absolute atomic E-state index is 0.165. The van der Waals surface area contributed by atoms with Crippen LogP contribution < -0.4 is 5.32 Å². The number of benzene rings is 1. The maximum atomic E-state index is 6.06. The van der Waals surface area contributed by atoms with Gasteiger partial charge in [-0.25, -0.2) is 0 Å². The monoisotopic (exact) mass is 291 g/mol. The van der Waals surface area contributed by atoms with Crippen molar-refractivity contribution in [1.82, 2.24) is 5.32 Å². The smallest absolute Gasteiger partial charge is 0.0843 e. The molecule has 2 rings (SSSR count). The van der Waals surface area contributed by atoms with Crippen LogP contribution >= 0.6 is 0 Å². The molecule has 1 aromatic rings. The van der Waals surface area contributed by atoms with Gasteiger partial charge in [0, 0.05) is 13.2 Å². The van der Waals surface area contributed by atoms with Crippen LogP contribution in [0, 0.1) is 0 Å². The lowest BCUT2D eigenvalue weighted by Gasteiger charge is -2.37. The van der Waals surface area contributed by atoms with Crippen LogP contribution in [0.1, 0.15) is 50.8 Å². The average molecular weight is 291 g/mol. The number of hydrogen-bond donors (Lipinski definition) is 1. The second-order valence-corrected chi connectivity index (χ2v) is 6.36. The van der Waals surface area contributed by atoms with E-state index in [1.165, 1.54) is 11.1 Å². The van der Waals surface area contributed by atoms with Crippen molar-refractivity contribution in [1.29, 1.82) is 0 Å². The third-order valence-corrected chi connectivity index (χ3v) is 4.55. The van der Waals surface area contributed by atoms with E-state index < -0.39 is 0 Å². The molecule has 0 aliphatic carbocycles. The predicted octanol–water partition coefficient (Wildman–Crippen LogP) is 3.48. The Labute approximate surface area is 129 Å². The normalized spacial score (nSPS) is 20.1. The Bertz CT molecular complexity index is 445. The molecule has 1 N–H and O–H groups in total. The van der Waals surface area contributed by atoms with E-state index in [1.807, 2.05) is 0 Å². The highest BCUT2D eigenvalue weighted by Gasteiger charge is 2.33. The van der Waals surface area contributed by atoms with Gasteiger partial charge in [0.1, 0.15) is 0 Å². The zero-order chi connectivity index (χ0) is 15.3. The van der Waals surface area contributed by atoms with E-state index in [1.54, 1.807) is 7.11 Å². The average Bonchev–Trinajstić information content (AvgIpc) is 2.51. The molecule has 3 heteroatoms. The largest absolute Gasteiger partial charge is 0.377 e. The summed E-state index contributed by atoms with van der Waals surface area (Å²) >= 11 is 0. The van der Waals surface area contributed by atoms with Crippen LogP contribution in [-0.2, 0) is 15.9 Å². The van der Waals surface area contributed by atoms with Crippen molar-refractivity contribution in [3.63, 3.8) is 0 Å². The Kier molecular flexibility index (Phi) is 5.80. The second-order valence-electron chi connectivity index (χ2n) is 6.36. The lowest BCUT2D eigenvalue weighted by atomic mass is 9.87. The molecule has 1 aromatic carbocycles. The Hall–Kier alpha value is -0.900. The lowest BCUT2D eigenvalue weighted by molar-refractivity contribution is -0.0400. The van der Waals surface area contributed by atoms with Gasteiger partial charge in [0.2, 0.25) is 0 Å². The number of nitrogens with one attached hydrogen (secondary N) is 1. The van der Waals surface area contributed by atoms with E-state index in [4.69, 9.17) is 9.47 Å². The van der Waals surface area contributed by atoms with E-state index in [-0.39, 0.29) is 17.7 Å². The molecule has 2 atom stereocenters. The SMILES string of the molecule is CCCNC(CC1OCCc2ccccc21)C(C)(C)OC. The molecule has 0 amide bonds. The van der Waals surface area contributed by atoms with Gasteiger partial charge in [0.15, 0.2) is 0 Å². The zero-order valence-electron chi connectivity index (χ0n) is 13.8. The van der Waals surface area contributed by atoms with Gasteiger partial charge in [0.25, 0.3) is 0 Å². The number of hydrogen-bond acceptors (Lipinski definition) is 3. The fourth-order valence-electron chi connectivity index (χ4n) is 2.96. The minimum Gasteiger partial charge on any atom is -0.377 e. The van der Waals surface area contributed by atoms with Crippen molar-refractivity contribution in [2.75, 3.05) is 20.3 Å². The van der Waals surface area contributed by atoms with Crippen molar-refractivity contribution in [3.05, 3.63) is 35.4 Å². The minimum atomic E-state index is -0.203. The second kappa shape index (κ2) is 7.39. The zero-order valence-corrected chi connectivity index (χ0v) is 13.8. The third kappa shape index (κ3) is 4.06. The van der Waals surface area contributed by atoms with E-state index >= 15 is 0 Å². The molecule has 0 saturated heterocycles. The summed E-state index contributed by atoms with van der Waals surface area (Å²) in [5, 5.41) is 3.63. The maximum absolute atomic E-state index is 6.06. The van der Waals surface area contributed by atoms with Crippen molar-refractivity contribution in [2.24, 2.45) is 0 Å². The first-order valence-corrected chi connectivity index (χ1v) is 8.06. The van der Waals surface area contributed by atoms with Gasteiger partial charge in [-0.05, 0) is 50.8 Å². The standard InChI is InChI=1S/C18H29NO2/c1-5-11-19-17(18(2,3)20-4)13-16-15-9-7-6-8-14(15)10-12-21-16/h6-9,16-17,19H,5,10-13H2,1-4H3. The van der Waals surface area contributed by atoms with Crippen LogP contribution in [0.5, 0.6) is 0 Å². The molecule has 0 bridgehead atoms. The van der Waals surface area contributed by atoms with E-state index in [9.17, 15) is 0 Å². The number of ether oxygens (including phenoxy) is 2. The first-order valence-electron chi connectivity index (χ1n) is 8.06. The Morgan fingerprint density at radius 2 is 2.14 bits per heavy atom. The van der Waals surface area contributed by atoms with Crippen LogP contribution in [0.3, 0.4) is 0 Å². The van der Waals surface area contributed by atoms with Crippen LogP contribution in [0.4, 0.5) is 0 Å². The van der Waals surface area contributed by atoms with Crippen molar-refractivity contribution < 1.29 is 9.47 Å². The molecule has 3 nitrogen and oxygen atoms in total. The molecule has 1 aliphatic heterocycles. The van der Waals surface area contributed by atoms with Crippen molar-refractivity contribution in [2.45, 2.75) is 57.8 Å².